The maximum absolute atomic E-state index is 11.3. The topological polar surface area (TPSA) is 49.1 Å². The lowest BCUT2D eigenvalue weighted by Gasteiger charge is -2.03. The van der Waals surface area contributed by atoms with Crippen molar-refractivity contribution in [2.24, 2.45) is 7.05 Å². The highest BCUT2D eigenvalue weighted by atomic mass is 35.5. The zero-order valence-electron chi connectivity index (χ0n) is 8.85. The largest absolute Gasteiger partial charge is 0.465 e. The Hall–Kier alpha value is -1.75. The van der Waals surface area contributed by atoms with Gasteiger partial charge < -0.3 is 4.74 Å². The molecule has 6 heteroatoms. The van der Waals surface area contributed by atoms with Crippen LogP contribution in [0.3, 0.4) is 0 Å². The Morgan fingerprint density at radius 1 is 1.56 bits per heavy atom. The summed E-state index contributed by atoms with van der Waals surface area (Å²) in [5.41, 5.74) is 0.411. The summed E-state index contributed by atoms with van der Waals surface area (Å²) >= 11 is 6.02. The number of rotatable bonds is 2. The van der Waals surface area contributed by atoms with Crippen molar-refractivity contribution in [1.29, 1.82) is 0 Å². The predicted molar refractivity (Wildman–Crippen MR) is 58.9 cm³/mol. The molecule has 0 unspecified atom stereocenters. The van der Waals surface area contributed by atoms with Gasteiger partial charge in [0.25, 0.3) is 0 Å². The number of hydrogen-bond donors (Lipinski definition) is 0. The molecule has 5 nitrogen and oxygen atoms in total. The quantitative estimate of drug-likeness (QED) is 0.749. The van der Waals surface area contributed by atoms with Crippen molar-refractivity contribution in [3.05, 3.63) is 35.2 Å². The first-order chi connectivity index (χ1) is 7.63. The van der Waals surface area contributed by atoms with Gasteiger partial charge in [-0.15, -0.1) is 0 Å². The third kappa shape index (κ3) is 1.69. The summed E-state index contributed by atoms with van der Waals surface area (Å²) in [6.45, 7) is 0. The fraction of sp³-hybridized carbons (Fsp3) is 0.200. The van der Waals surface area contributed by atoms with E-state index in [-0.39, 0.29) is 0 Å². The molecule has 2 rings (SSSR count). The molecule has 0 amide bonds. The molecule has 0 aliphatic rings. The minimum Gasteiger partial charge on any atom is -0.465 e. The number of carbonyl (C=O) groups excluding carboxylic acids is 1. The Labute approximate surface area is 97.2 Å². The third-order valence-electron chi connectivity index (χ3n) is 2.24. The molecule has 0 aliphatic heterocycles. The molecular formula is C10H10ClN3O2. The second-order valence-electron chi connectivity index (χ2n) is 3.23. The smallest absolute Gasteiger partial charge is 0.339 e. The normalized spacial score (nSPS) is 10.4. The van der Waals surface area contributed by atoms with Crippen molar-refractivity contribution in [1.82, 2.24) is 14.3 Å². The van der Waals surface area contributed by atoms with Crippen LogP contribution in [0.25, 0.3) is 5.82 Å². The van der Waals surface area contributed by atoms with Crippen LogP contribution < -0.4 is 0 Å². The first-order valence-electron chi connectivity index (χ1n) is 4.58. The van der Waals surface area contributed by atoms with Crippen LogP contribution in [0.2, 0.25) is 5.15 Å². The van der Waals surface area contributed by atoms with E-state index in [1.807, 2.05) is 0 Å². The predicted octanol–water partition coefficient (Wildman–Crippen LogP) is 1.65. The zero-order chi connectivity index (χ0) is 11.7. The van der Waals surface area contributed by atoms with Crippen LogP contribution in [-0.2, 0) is 11.8 Å². The number of aryl methyl sites for hydroxylation is 1. The van der Waals surface area contributed by atoms with Crippen LogP contribution in [0.15, 0.2) is 24.5 Å². The maximum atomic E-state index is 11.3. The van der Waals surface area contributed by atoms with Gasteiger partial charge in [0.05, 0.1) is 18.9 Å². The second kappa shape index (κ2) is 4.02. The van der Waals surface area contributed by atoms with E-state index in [1.165, 1.54) is 7.11 Å². The molecule has 0 saturated carbocycles. The van der Waals surface area contributed by atoms with E-state index in [4.69, 9.17) is 11.6 Å². The van der Waals surface area contributed by atoms with E-state index in [0.29, 0.717) is 10.7 Å². The monoisotopic (exact) mass is 239 g/mol. The number of aromatic nitrogens is 3. The minimum atomic E-state index is -0.414. The molecule has 0 bridgehead atoms. The van der Waals surface area contributed by atoms with Crippen molar-refractivity contribution >= 4 is 17.6 Å². The average Bonchev–Trinajstić information content (AvgIpc) is 2.83. The van der Waals surface area contributed by atoms with Gasteiger partial charge in [0, 0.05) is 19.3 Å². The van der Waals surface area contributed by atoms with Crippen LogP contribution in [0.5, 0.6) is 0 Å². The summed E-state index contributed by atoms with van der Waals surface area (Å²) < 4.78 is 7.95. The fourth-order valence-corrected chi connectivity index (χ4v) is 1.70. The van der Waals surface area contributed by atoms with Gasteiger partial charge in [-0.25, -0.2) is 4.79 Å². The van der Waals surface area contributed by atoms with Crippen LogP contribution in [0.1, 0.15) is 10.4 Å². The van der Waals surface area contributed by atoms with Crippen molar-refractivity contribution in [3.8, 4) is 5.82 Å². The molecule has 16 heavy (non-hydrogen) atoms. The summed E-state index contributed by atoms with van der Waals surface area (Å²) in [5.74, 6) is 0.364. The van der Waals surface area contributed by atoms with Gasteiger partial charge in [0.2, 0.25) is 0 Å². The van der Waals surface area contributed by atoms with Crippen LogP contribution in [0, 0.1) is 0 Å². The SMILES string of the molecule is COC(=O)c1cc(Cl)n(-c2ccnn2C)c1. The Kier molecular flexibility index (Phi) is 2.70. The molecule has 0 aliphatic carbocycles. The van der Waals surface area contributed by atoms with E-state index >= 15 is 0 Å². The first-order valence-corrected chi connectivity index (χ1v) is 4.96. The molecule has 2 aromatic rings. The highest BCUT2D eigenvalue weighted by molar-refractivity contribution is 6.30. The summed E-state index contributed by atoms with van der Waals surface area (Å²) in [5, 5.41) is 4.46. The summed E-state index contributed by atoms with van der Waals surface area (Å²) in [4.78, 5) is 11.3. The van der Waals surface area contributed by atoms with Crippen LogP contribution >= 0.6 is 11.6 Å². The zero-order valence-corrected chi connectivity index (χ0v) is 9.60. The highest BCUT2D eigenvalue weighted by Crippen LogP contribution is 2.20. The molecule has 0 radical (unpaired) electrons. The van der Waals surface area contributed by atoms with Gasteiger partial charge in [-0.2, -0.15) is 5.10 Å². The van der Waals surface area contributed by atoms with Gasteiger partial charge in [0.15, 0.2) is 0 Å². The van der Waals surface area contributed by atoms with Crippen molar-refractivity contribution < 1.29 is 9.53 Å². The van der Waals surface area contributed by atoms with Gasteiger partial charge in [0.1, 0.15) is 11.0 Å². The Morgan fingerprint density at radius 3 is 2.88 bits per heavy atom. The Morgan fingerprint density at radius 2 is 2.31 bits per heavy atom. The van der Waals surface area contributed by atoms with Crippen molar-refractivity contribution in [3.63, 3.8) is 0 Å². The molecule has 0 saturated heterocycles. The molecule has 0 spiro atoms. The van der Waals surface area contributed by atoms with Crippen molar-refractivity contribution in [2.75, 3.05) is 7.11 Å². The van der Waals surface area contributed by atoms with Crippen LogP contribution in [0.4, 0.5) is 0 Å². The lowest BCUT2D eigenvalue weighted by molar-refractivity contribution is 0.0601. The van der Waals surface area contributed by atoms with E-state index in [2.05, 4.69) is 9.84 Å². The number of esters is 1. The summed E-state index contributed by atoms with van der Waals surface area (Å²) in [6.07, 6.45) is 3.27. The number of hydrogen-bond acceptors (Lipinski definition) is 3. The number of methoxy groups -OCH3 is 1. The average molecular weight is 240 g/mol. The molecule has 0 fully saturated rings. The van der Waals surface area contributed by atoms with E-state index in [0.717, 1.165) is 5.82 Å². The van der Waals surface area contributed by atoms with Crippen molar-refractivity contribution in [2.45, 2.75) is 0 Å². The summed E-state index contributed by atoms with van der Waals surface area (Å²) in [6, 6.07) is 3.35. The molecule has 2 aromatic heterocycles. The van der Waals surface area contributed by atoms with E-state index in [9.17, 15) is 4.79 Å². The second-order valence-corrected chi connectivity index (χ2v) is 3.61. The molecular weight excluding hydrogens is 230 g/mol. The summed E-state index contributed by atoms with van der Waals surface area (Å²) in [7, 11) is 3.13. The third-order valence-corrected chi connectivity index (χ3v) is 2.53. The van der Waals surface area contributed by atoms with Gasteiger partial charge in [-0.1, -0.05) is 11.6 Å². The van der Waals surface area contributed by atoms with E-state index in [1.54, 1.807) is 40.8 Å². The molecule has 0 aromatic carbocycles. The van der Waals surface area contributed by atoms with E-state index < -0.39 is 5.97 Å². The number of halogens is 1. The first kappa shape index (κ1) is 10.8. The lowest BCUT2D eigenvalue weighted by Crippen LogP contribution is -2.02. The Balaban J connectivity index is 2.47. The fourth-order valence-electron chi connectivity index (χ4n) is 1.44. The number of nitrogens with zero attached hydrogens (tertiary/aromatic N) is 3. The number of carbonyl (C=O) groups is 1. The van der Waals surface area contributed by atoms with Crippen LogP contribution in [-0.4, -0.2) is 27.4 Å². The minimum absolute atomic E-state index is 0.411. The molecule has 0 atom stereocenters. The lowest BCUT2D eigenvalue weighted by atomic mass is 10.3. The van der Waals surface area contributed by atoms with Gasteiger partial charge in [-0.3, -0.25) is 9.25 Å². The Bertz CT molecular complexity index is 530. The standard InChI is InChI=1S/C10H10ClN3O2/c1-13-9(3-4-12-13)14-6-7(5-8(14)11)10(15)16-2/h3-6H,1-2H3. The maximum Gasteiger partial charge on any atom is 0.339 e. The van der Waals surface area contributed by atoms with Gasteiger partial charge >= 0.3 is 5.97 Å². The highest BCUT2D eigenvalue weighted by Gasteiger charge is 2.13. The van der Waals surface area contributed by atoms with Gasteiger partial charge in [-0.05, 0) is 6.07 Å². The molecule has 0 N–H and O–H groups in total. The molecule has 2 heterocycles. The number of ether oxygens (including phenoxy) is 1. The molecule has 84 valence electrons.